The molecule has 24 heavy (non-hydrogen) atoms. The van der Waals surface area contributed by atoms with Crippen LogP contribution in [0.2, 0.25) is 0 Å². The van der Waals surface area contributed by atoms with Crippen molar-refractivity contribution in [2.45, 2.75) is 19.5 Å². The number of aromatic nitrogens is 1. The molecule has 1 aromatic carbocycles. The third-order valence-electron chi connectivity index (χ3n) is 4.36. The van der Waals surface area contributed by atoms with Crippen LogP contribution in [0.15, 0.2) is 36.5 Å². The molecule has 1 aromatic heterocycles. The molecule has 0 fully saturated rings. The van der Waals surface area contributed by atoms with Crippen molar-refractivity contribution in [2.75, 3.05) is 27.3 Å². The van der Waals surface area contributed by atoms with Crippen LogP contribution in [0.25, 0.3) is 0 Å². The number of nitrogens with one attached hydrogen (secondary N) is 1. The van der Waals surface area contributed by atoms with Gasteiger partial charge < -0.3 is 24.3 Å². The van der Waals surface area contributed by atoms with Gasteiger partial charge in [-0.3, -0.25) is 0 Å². The second-order valence-corrected chi connectivity index (χ2v) is 6.05. The van der Waals surface area contributed by atoms with E-state index in [2.05, 4.69) is 40.0 Å². The van der Waals surface area contributed by atoms with Gasteiger partial charge >= 0.3 is 0 Å². The number of rotatable bonds is 4. The molecule has 1 aliphatic rings. The van der Waals surface area contributed by atoms with Crippen molar-refractivity contribution in [1.82, 2.24) is 14.8 Å². The van der Waals surface area contributed by atoms with E-state index >= 15 is 0 Å². The second kappa shape index (κ2) is 7.13. The van der Waals surface area contributed by atoms with E-state index in [0.29, 0.717) is 0 Å². The smallest absolute Gasteiger partial charge is 0.169 e. The summed E-state index contributed by atoms with van der Waals surface area (Å²) in [6.45, 7) is 4.62. The molecular weight excluding hydrogens is 322 g/mol. The van der Waals surface area contributed by atoms with Crippen LogP contribution in [0.5, 0.6) is 11.5 Å². The van der Waals surface area contributed by atoms with Gasteiger partial charge in [0, 0.05) is 37.1 Å². The highest BCUT2D eigenvalue weighted by molar-refractivity contribution is 7.80. The maximum Gasteiger partial charge on any atom is 0.169 e. The van der Waals surface area contributed by atoms with Gasteiger partial charge in [0.2, 0.25) is 0 Å². The first-order chi connectivity index (χ1) is 11.7. The number of nitrogens with zero attached hydrogens (tertiary/aromatic N) is 2. The van der Waals surface area contributed by atoms with Gasteiger partial charge in [-0.1, -0.05) is 0 Å². The van der Waals surface area contributed by atoms with Crippen LogP contribution >= 0.6 is 12.2 Å². The quantitative estimate of drug-likeness (QED) is 0.863. The second-order valence-electron chi connectivity index (χ2n) is 5.67. The minimum Gasteiger partial charge on any atom is -0.497 e. The number of benzene rings is 1. The number of hydrogen-bond acceptors (Lipinski definition) is 3. The number of thiocarbonyl (C=S) groups is 1. The Balaban J connectivity index is 2.12. The Bertz CT molecular complexity index is 729. The average Bonchev–Trinajstić information content (AvgIpc) is 3.09. The van der Waals surface area contributed by atoms with E-state index in [9.17, 15) is 0 Å². The van der Waals surface area contributed by atoms with Gasteiger partial charge in [-0.2, -0.15) is 0 Å². The zero-order valence-corrected chi connectivity index (χ0v) is 15.1. The summed E-state index contributed by atoms with van der Waals surface area (Å²) in [5.41, 5.74) is 2.25. The van der Waals surface area contributed by atoms with Crippen molar-refractivity contribution in [3.8, 4) is 11.5 Å². The molecule has 1 N–H and O–H groups in total. The van der Waals surface area contributed by atoms with Gasteiger partial charge in [-0.25, -0.2) is 0 Å². The lowest BCUT2D eigenvalue weighted by atomic mass is 9.99. The highest BCUT2D eigenvalue weighted by Crippen LogP contribution is 2.39. The summed E-state index contributed by atoms with van der Waals surface area (Å²) in [7, 11) is 3.37. The molecule has 0 amide bonds. The molecule has 3 rings (SSSR count). The minimum atomic E-state index is -0.00894. The molecule has 1 atom stereocenters. The summed E-state index contributed by atoms with van der Waals surface area (Å²) in [4.78, 5) is 2.23. The molecule has 0 saturated heterocycles. The van der Waals surface area contributed by atoms with Crippen LogP contribution in [0.1, 0.15) is 24.2 Å². The number of ether oxygens (including phenoxy) is 2. The Morgan fingerprint density at radius 2 is 2.08 bits per heavy atom. The van der Waals surface area contributed by atoms with E-state index in [4.69, 9.17) is 21.7 Å². The zero-order valence-electron chi connectivity index (χ0n) is 14.3. The molecule has 0 bridgehead atoms. The molecule has 128 valence electrons. The average molecular weight is 345 g/mol. The fourth-order valence-electron chi connectivity index (χ4n) is 3.24. The van der Waals surface area contributed by atoms with E-state index in [-0.39, 0.29) is 6.04 Å². The largest absolute Gasteiger partial charge is 0.497 e. The van der Waals surface area contributed by atoms with Crippen molar-refractivity contribution in [2.24, 2.45) is 0 Å². The molecular formula is C18H23N3O2S. The van der Waals surface area contributed by atoms with Crippen molar-refractivity contribution >= 4 is 17.3 Å². The van der Waals surface area contributed by atoms with E-state index in [0.717, 1.165) is 41.8 Å². The predicted molar refractivity (Wildman–Crippen MR) is 98.8 cm³/mol. The van der Waals surface area contributed by atoms with Gasteiger partial charge in [0.1, 0.15) is 17.5 Å². The van der Waals surface area contributed by atoms with Crippen LogP contribution in [0, 0.1) is 0 Å². The number of hydrogen-bond donors (Lipinski definition) is 1. The lowest BCUT2D eigenvalue weighted by Gasteiger charge is -2.39. The molecule has 0 aliphatic carbocycles. The van der Waals surface area contributed by atoms with E-state index in [1.165, 1.54) is 5.69 Å². The zero-order chi connectivity index (χ0) is 17.1. The molecule has 1 aliphatic heterocycles. The third-order valence-corrected chi connectivity index (χ3v) is 4.74. The van der Waals surface area contributed by atoms with E-state index < -0.39 is 0 Å². The molecule has 0 saturated carbocycles. The summed E-state index contributed by atoms with van der Waals surface area (Å²) in [5.74, 6) is 1.64. The van der Waals surface area contributed by atoms with E-state index in [1.807, 2.05) is 18.2 Å². The van der Waals surface area contributed by atoms with Crippen LogP contribution in [0.4, 0.5) is 0 Å². The molecule has 0 spiro atoms. The van der Waals surface area contributed by atoms with Crippen molar-refractivity contribution in [1.29, 1.82) is 0 Å². The maximum atomic E-state index is 5.63. The molecule has 6 heteroatoms. The standard InChI is InChI=1S/C18H23N3O2S/c1-4-19-18(24)21-11-10-20-9-5-6-15(20)17(21)14-12-13(22-2)7-8-16(14)23-3/h5-9,12,17H,4,10-11H2,1-3H3,(H,19,24)/t17-/m1/s1. The fourth-order valence-corrected chi connectivity index (χ4v) is 3.58. The van der Waals surface area contributed by atoms with Gasteiger partial charge in [0.25, 0.3) is 0 Å². The monoisotopic (exact) mass is 345 g/mol. The first-order valence-electron chi connectivity index (χ1n) is 8.11. The van der Waals surface area contributed by atoms with Gasteiger partial charge in [-0.05, 0) is 49.5 Å². The Kier molecular flexibility index (Phi) is 4.94. The first-order valence-corrected chi connectivity index (χ1v) is 8.51. The molecule has 0 unspecified atom stereocenters. The highest BCUT2D eigenvalue weighted by atomic mass is 32.1. The van der Waals surface area contributed by atoms with Crippen LogP contribution in [-0.4, -0.2) is 41.9 Å². The minimum absolute atomic E-state index is 0.00894. The normalized spacial score (nSPS) is 16.5. The summed E-state index contributed by atoms with van der Waals surface area (Å²) in [6, 6.07) is 10.1. The Hall–Kier alpha value is -2.21. The lowest BCUT2D eigenvalue weighted by molar-refractivity contribution is 0.278. The van der Waals surface area contributed by atoms with Gasteiger partial charge in [0.15, 0.2) is 5.11 Å². The summed E-state index contributed by atoms with van der Waals surface area (Å²) < 4.78 is 13.3. The van der Waals surface area contributed by atoms with Crippen molar-refractivity contribution in [3.63, 3.8) is 0 Å². The van der Waals surface area contributed by atoms with Crippen LogP contribution < -0.4 is 14.8 Å². The summed E-state index contributed by atoms with van der Waals surface area (Å²) in [6.07, 6.45) is 2.11. The Morgan fingerprint density at radius 1 is 1.25 bits per heavy atom. The first kappa shape index (κ1) is 16.6. The molecule has 5 nitrogen and oxygen atoms in total. The van der Waals surface area contributed by atoms with Crippen molar-refractivity contribution < 1.29 is 9.47 Å². The van der Waals surface area contributed by atoms with Crippen LogP contribution in [-0.2, 0) is 6.54 Å². The Labute approximate surface area is 148 Å². The summed E-state index contributed by atoms with van der Waals surface area (Å²) in [5, 5.41) is 4.04. The van der Waals surface area contributed by atoms with E-state index in [1.54, 1.807) is 14.2 Å². The third kappa shape index (κ3) is 2.94. The number of fused-ring (bicyclic) bond motifs is 1. The topological polar surface area (TPSA) is 38.7 Å². The fraction of sp³-hybridized carbons (Fsp3) is 0.389. The maximum absolute atomic E-state index is 5.63. The number of methoxy groups -OCH3 is 2. The summed E-state index contributed by atoms with van der Waals surface area (Å²) >= 11 is 5.63. The van der Waals surface area contributed by atoms with Crippen LogP contribution in [0.3, 0.4) is 0 Å². The SMILES string of the molecule is CCNC(=S)N1CCn2cccc2[C@H]1c1cc(OC)ccc1OC. The van der Waals surface area contributed by atoms with Crippen molar-refractivity contribution in [3.05, 3.63) is 47.8 Å². The molecule has 0 radical (unpaired) electrons. The predicted octanol–water partition coefficient (Wildman–Crippen LogP) is 2.80. The van der Waals surface area contributed by atoms with Gasteiger partial charge in [-0.15, -0.1) is 0 Å². The lowest BCUT2D eigenvalue weighted by Crippen LogP contribution is -2.47. The highest BCUT2D eigenvalue weighted by Gasteiger charge is 2.32. The molecule has 2 aromatic rings. The van der Waals surface area contributed by atoms with Gasteiger partial charge in [0.05, 0.1) is 14.2 Å². The molecule has 2 heterocycles. The Morgan fingerprint density at radius 3 is 2.79 bits per heavy atom.